The number of hydrogen-bond donors (Lipinski definition) is 2. The van der Waals surface area contributed by atoms with Crippen molar-refractivity contribution in [2.24, 2.45) is 0 Å². The summed E-state index contributed by atoms with van der Waals surface area (Å²) in [6, 6.07) is 0. The number of carbonyl (C=O) groups excluding carboxylic acids is 1. The van der Waals surface area contributed by atoms with Gasteiger partial charge in [0, 0.05) is 24.8 Å². The minimum absolute atomic E-state index is 0.152. The van der Waals surface area contributed by atoms with Crippen LogP contribution >= 0.6 is 11.8 Å². The first-order chi connectivity index (χ1) is 6.70. The summed E-state index contributed by atoms with van der Waals surface area (Å²) < 4.78 is 0. The Morgan fingerprint density at radius 1 is 1.43 bits per heavy atom. The Kier molecular flexibility index (Phi) is 9.19. The number of nitrogens with one attached hydrogen (secondary N) is 2. The highest BCUT2D eigenvalue weighted by atomic mass is 32.2. The molecule has 0 saturated carbocycles. The van der Waals surface area contributed by atoms with Crippen molar-refractivity contribution in [1.29, 1.82) is 0 Å². The van der Waals surface area contributed by atoms with Gasteiger partial charge < -0.3 is 10.6 Å². The van der Waals surface area contributed by atoms with E-state index < -0.39 is 0 Å². The molecule has 3 nitrogen and oxygen atoms in total. The summed E-state index contributed by atoms with van der Waals surface area (Å²) in [5.74, 6) is 0.152. The Hall–Kier alpha value is -0.220. The van der Waals surface area contributed by atoms with Crippen molar-refractivity contribution in [2.45, 2.75) is 31.9 Å². The highest BCUT2D eigenvalue weighted by molar-refractivity contribution is 7.99. The fourth-order valence-corrected chi connectivity index (χ4v) is 1.35. The first kappa shape index (κ1) is 13.8. The lowest BCUT2D eigenvalue weighted by Crippen LogP contribution is -2.29. The number of rotatable bonds is 8. The van der Waals surface area contributed by atoms with Crippen LogP contribution in [0.25, 0.3) is 0 Å². The summed E-state index contributed by atoms with van der Waals surface area (Å²) >= 11 is 1.83. The Balaban J connectivity index is 3.26. The van der Waals surface area contributed by atoms with Crippen LogP contribution in [0.3, 0.4) is 0 Å². The molecule has 0 aromatic carbocycles. The zero-order valence-electron chi connectivity index (χ0n) is 9.43. The van der Waals surface area contributed by atoms with Crippen molar-refractivity contribution in [1.82, 2.24) is 10.6 Å². The Labute approximate surface area is 91.4 Å². The molecule has 0 bridgehead atoms. The standard InChI is InChI=1S/C10H22N2OS/c1-4-11-7-6-10(13)12-8-5-9(2)14-3/h9,11H,4-8H2,1-3H3,(H,12,13). The van der Waals surface area contributed by atoms with Gasteiger partial charge in [0.1, 0.15) is 0 Å². The van der Waals surface area contributed by atoms with Gasteiger partial charge >= 0.3 is 0 Å². The van der Waals surface area contributed by atoms with Crippen molar-refractivity contribution in [3.8, 4) is 0 Å². The van der Waals surface area contributed by atoms with Gasteiger partial charge in [0.25, 0.3) is 0 Å². The molecule has 1 atom stereocenters. The fourth-order valence-electron chi connectivity index (χ4n) is 1.000. The van der Waals surface area contributed by atoms with Crippen molar-refractivity contribution < 1.29 is 4.79 Å². The molecule has 2 N–H and O–H groups in total. The van der Waals surface area contributed by atoms with Crippen molar-refractivity contribution in [3.05, 3.63) is 0 Å². The average Bonchev–Trinajstić information content (AvgIpc) is 2.18. The van der Waals surface area contributed by atoms with Crippen LogP contribution in [-0.2, 0) is 4.79 Å². The molecular formula is C10H22N2OS. The summed E-state index contributed by atoms with van der Waals surface area (Å²) in [4.78, 5) is 11.2. The quantitative estimate of drug-likeness (QED) is 0.602. The molecular weight excluding hydrogens is 196 g/mol. The fraction of sp³-hybridized carbons (Fsp3) is 0.900. The molecule has 1 amide bonds. The van der Waals surface area contributed by atoms with Crippen LogP contribution in [0.4, 0.5) is 0 Å². The van der Waals surface area contributed by atoms with Gasteiger partial charge in [-0.3, -0.25) is 4.79 Å². The average molecular weight is 218 g/mol. The third-order valence-electron chi connectivity index (χ3n) is 2.05. The number of amides is 1. The zero-order valence-corrected chi connectivity index (χ0v) is 10.2. The highest BCUT2D eigenvalue weighted by Crippen LogP contribution is 2.07. The summed E-state index contributed by atoms with van der Waals surface area (Å²) in [5, 5.41) is 6.67. The number of carbonyl (C=O) groups is 1. The van der Waals surface area contributed by atoms with Crippen molar-refractivity contribution in [3.63, 3.8) is 0 Å². The van der Waals surface area contributed by atoms with Gasteiger partial charge in [0.2, 0.25) is 5.91 Å². The molecule has 1 unspecified atom stereocenters. The Bertz CT molecular complexity index is 153. The van der Waals surface area contributed by atoms with Crippen molar-refractivity contribution >= 4 is 17.7 Å². The molecule has 0 aromatic heterocycles. The van der Waals surface area contributed by atoms with Gasteiger partial charge in [-0.1, -0.05) is 13.8 Å². The van der Waals surface area contributed by atoms with Gasteiger partial charge in [0.05, 0.1) is 0 Å². The molecule has 0 aromatic rings. The largest absolute Gasteiger partial charge is 0.356 e. The molecule has 0 rings (SSSR count). The first-order valence-corrected chi connectivity index (χ1v) is 6.49. The van der Waals surface area contributed by atoms with E-state index in [-0.39, 0.29) is 5.91 Å². The third kappa shape index (κ3) is 8.38. The van der Waals surface area contributed by atoms with E-state index in [0.717, 1.165) is 26.1 Å². The predicted octanol–water partition coefficient (Wildman–Crippen LogP) is 1.24. The topological polar surface area (TPSA) is 41.1 Å². The lowest BCUT2D eigenvalue weighted by Gasteiger charge is -2.09. The second-order valence-electron chi connectivity index (χ2n) is 3.29. The van der Waals surface area contributed by atoms with E-state index in [9.17, 15) is 4.79 Å². The van der Waals surface area contributed by atoms with Crippen molar-refractivity contribution in [2.75, 3.05) is 25.9 Å². The third-order valence-corrected chi connectivity index (χ3v) is 3.09. The maximum Gasteiger partial charge on any atom is 0.221 e. The van der Waals surface area contributed by atoms with E-state index in [0.29, 0.717) is 11.7 Å². The minimum atomic E-state index is 0.152. The lowest BCUT2D eigenvalue weighted by atomic mass is 10.3. The highest BCUT2D eigenvalue weighted by Gasteiger charge is 2.02. The SMILES string of the molecule is CCNCCC(=O)NCCC(C)SC. The molecule has 0 heterocycles. The second-order valence-corrected chi connectivity index (χ2v) is 4.56. The molecule has 0 spiro atoms. The normalized spacial score (nSPS) is 12.5. The van der Waals surface area contributed by atoms with Crippen LogP contribution in [0, 0.1) is 0 Å². The molecule has 4 heteroatoms. The van der Waals surface area contributed by atoms with Gasteiger partial charge in [-0.15, -0.1) is 0 Å². The first-order valence-electron chi connectivity index (χ1n) is 5.20. The van der Waals surface area contributed by atoms with Crippen LogP contribution in [0.5, 0.6) is 0 Å². The maximum atomic E-state index is 11.2. The molecule has 14 heavy (non-hydrogen) atoms. The summed E-state index contributed by atoms with van der Waals surface area (Å²) in [7, 11) is 0. The van der Waals surface area contributed by atoms with Crippen LogP contribution in [0.15, 0.2) is 0 Å². The molecule has 0 aliphatic carbocycles. The van der Waals surface area contributed by atoms with Gasteiger partial charge in [-0.05, 0) is 19.2 Å². The van der Waals surface area contributed by atoms with Crippen LogP contribution < -0.4 is 10.6 Å². The maximum absolute atomic E-state index is 11.2. The number of hydrogen-bond acceptors (Lipinski definition) is 3. The molecule has 0 aliphatic heterocycles. The molecule has 0 aliphatic rings. The molecule has 84 valence electrons. The number of thioether (sulfide) groups is 1. The minimum Gasteiger partial charge on any atom is -0.356 e. The summed E-state index contributed by atoms with van der Waals surface area (Å²) in [6.07, 6.45) is 3.73. The Morgan fingerprint density at radius 2 is 2.14 bits per heavy atom. The summed E-state index contributed by atoms with van der Waals surface area (Å²) in [5.41, 5.74) is 0. The van der Waals surface area contributed by atoms with Crippen LogP contribution in [0.1, 0.15) is 26.7 Å². The van der Waals surface area contributed by atoms with E-state index >= 15 is 0 Å². The monoisotopic (exact) mass is 218 g/mol. The van der Waals surface area contributed by atoms with E-state index in [1.807, 2.05) is 18.7 Å². The lowest BCUT2D eigenvalue weighted by molar-refractivity contribution is -0.120. The zero-order chi connectivity index (χ0) is 10.8. The molecule has 0 saturated heterocycles. The van der Waals surface area contributed by atoms with E-state index in [4.69, 9.17) is 0 Å². The van der Waals surface area contributed by atoms with Crippen LogP contribution in [-0.4, -0.2) is 37.0 Å². The van der Waals surface area contributed by atoms with E-state index in [1.165, 1.54) is 0 Å². The van der Waals surface area contributed by atoms with Crippen LogP contribution in [0.2, 0.25) is 0 Å². The van der Waals surface area contributed by atoms with Gasteiger partial charge in [-0.25, -0.2) is 0 Å². The molecule has 0 radical (unpaired) electrons. The van der Waals surface area contributed by atoms with E-state index in [1.54, 1.807) is 0 Å². The second kappa shape index (κ2) is 9.34. The molecule has 0 fully saturated rings. The van der Waals surface area contributed by atoms with E-state index in [2.05, 4.69) is 23.8 Å². The Morgan fingerprint density at radius 3 is 2.71 bits per heavy atom. The van der Waals surface area contributed by atoms with Gasteiger partial charge in [0.15, 0.2) is 0 Å². The smallest absolute Gasteiger partial charge is 0.221 e. The summed E-state index contributed by atoms with van der Waals surface area (Å²) in [6.45, 7) is 6.72. The van der Waals surface area contributed by atoms with Gasteiger partial charge in [-0.2, -0.15) is 11.8 Å². The predicted molar refractivity (Wildman–Crippen MR) is 63.8 cm³/mol.